The normalized spacial score (nSPS) is 12.7. The Balaban J connectivity index is 2.70. The van der Waals surface area contributed by atoms with E-state index in [2.05, 4.69) is 31.3 Å². The molecule has 9 heteroatoms. The maximum Gasteiger partial charge on any atom is 0.358 e. The second-order valence-electron chi connectivity index (χ2n) is 5.48. The van der Waals surface area contributed by atoms with E-state index in [4.69, 9.17) is 22.2 Å². The van der Waals surface area contributed by atoms with Gasteiger partial charge in [-0.25, -0.2) is 9.78 Å². The van der Waals surface area contributed by atoms with Gasteiger partial charge in [0.05, 0.1) is 12.3 Å². The lowest BCUT2D eigenvalue weighted by Crippen LogP contribution is -2.15. The Morgan fingerprint density at radius 3 is 2.56 bits per heavy atom. The number of halogens is 2. The first-order valence-electron chi connectivity index (χ1n) is 7.70. The number of rotatable bonds is 6. The van der Waals surface area contributed by atoms with Crippen LogP contribution in [-0.4, -0.2) is 22.1 Å². The number of esters is 1. The van der Waals surface area contributed by atoms with Crippen LogP contribution >= 0.6 is 27.5 Å². The lowest BCUT2D eigenvalue weighted by molar-refractivity contribution is 0.0518. The molecule has 1 aromatic carbocycles. The van der Waals surface area contributed by atoms with Crippen LogP contribution in [0, 0.1) is 0 Å². The molecule has 1 unspecified atom stereocenters. The molecule has 134 valence electrons. The van der Waals surface area contributed by atoms with E-state index >= 15 is 0 Å². The van der Waals surface area contributed by atoms with Gasteiger partial charge < -0.3 is 15.1 Å². The van der Waals surface area contributed by atoms with Crippen molar-refractivity contribution < 1.29 is 9.53 Å². The Hall–Kier alpha value is -1.93. The summed E-state index contributed by atoms with van der Waals surface area (Å²) in [5.74, 6) is 4.80. The largest absolute Gasteiger partial charge is 0.461 e. The van der Waals surface area contributed by atoms with Gasteiger partial charge in [-0.05, 0) is 54.4 Å². The maximum absolute atomic E-state index is 12.4. The average Bonchev–Trinajstić information content (AvgIpc) is 2.91. The molecule has 1 heterocycles. The van der Waals surface area contributed by atoms with E-state index in [0.29, 0.717) is 15.5 Å². The SMILES string of the molecule is CCOC(=O)c1nc(Br)n(C(C)C)c1C(N=NN)c1ccc(Cl)cc1. The number of benzene rings is 1. The predicted molar refractivity (Wildman–Crippen MR) is 98.6 cm³/mol. The van der Waals surface area contributed by atoms with Crippen molar-refractivity contribution in [2.45, 2.75) is 32.9 Å². The second kappa shape index (κ2) is 8.44. The highest BCUT2D eigenvalue weighted by Gasteiger charge is 2.30. The van der Waals surface area contributed by atoms with Crippen molar-refractivity contribution >= 4 is 33.5 Å². The molecule has 1 aromatic heterocycles. The van der Waals surface area contributed by atoms with Crippen molar-refractivity contribution in [3.63, 3.8) is 0 Å². The Bertz CT molecular complexity index is 774. The van der Waals surface area contributed by atoms with E-state index < -0.39 is 12.0 Å². The van der Waals surface area contributed by atoms with Gasteiger partial charge in [-0.2, -0.15) is 5.11 Å². The second-order valence-corrected chi connectivity index (χ2v) is 6.63. The van der Waals surface area contributed by atoms with Crippen molar-refractivity contribution in [2.24, 2.45) is 16.2 Å². The summed E-state index contributed by atoms with van der Waals surface area (Å²) in [7, 11) is 0. The Morgan fingerprint density at radius 2 is 2.04 bits per heavy atom. The van der Waals surface area contributed by atoms with E-state index in [9.17, 15) is 4.79 Å². The summed E-state index contributed by atoms with van der Waals surface area (Å²) >= 11 is 9.38. The number of aromatic nitrogens is 2. The van der Waals surface area contributed by atoms with Gasteiger partial charge in [-0.15, -0.1) is 0 Å². The number of carbonyl (C=O) groups is 1. The number of nitrogens with zero attached hydrogens (tertiary/aromatic N) is 4. The average molecular weight is 429 g/mol. The van der Waals surface area contributed by atoms with Crippen LogP contribution in [-0.2, 0) is 4.74 Å². The minimum Gasteiger partial charge on any atom is -0.461 e. The Labute approximate surface area is 159 Å². The number of nitrogens with two attached hydrogens (primary N) is 1. The molecular weight excluding hydrogens is 410 g/mol. The Kier molecular flexibility index (Phi) is 6.55. The fraction of sp³-hybridized carbons (Fsp3) is 0.375. The van der Waals surface area contributed by atoms with Crippen LogP contribution in [0.1, 0.15) is 54.6 Å². The molecule has 0 aliphatic heterocycles. The van der Waals surface area contributed by atoms with Gasteiger partial charge in [0.1, 0.15) is 6.04 Å². The van der Waals surface area contributed by atoms with Crippen LogP contribution in [0.15, 0.2) is 39.3 Å². The molecule has 0 bridgehead atoms. The van der Waals surface area contributed by atoms with Crippen molar-refractivity contribution in [2.75, 3.05) is 6.61 Å². The molecule has 0 radical (unpaired) electrons. The highest BCUT2D eigenvalue weighted by Crippen LogP contribution is 2.34. The molecule has 0 amide bonds. The van der Waals surface area contributed by atoms with Crippen molar-refractivity contribution in [1.29, 1.82) is 0 Å². The standard InChI is InChI=1S/C16H19BrClN5O2/c1-4-25-15(24)13-14(23(9(2)3)16(17)20-13)12(21-22-19)10-5-7-11(18)8-6-10/h5-9,12H,4H2,1-3H3,(H2,19,21). The molecule has 2 rings (SSSR count). The number of imidazole rings is 1. The third-order valence-corrected chi connectivity index (χ3v) is 4.33. The van der Waals surface area contributed by atoms with E-state index in [1.807, 2.05) is 30.5 Å². The summed E-state index contributed by atoms with van der Waals surface area (Å²) in [4.78, 5) is 16.7. The minimum absolute atomic E-state index is 0.0165. The van der Waals surface area contributed by atoms with E-state index in [1.165, 1.54) is 0 Å². The number of hydrogen-bond acceptors (Lipinski definition) is 5. The summed E-state index contributed by atoms with van der Waals surface area (Å²) in [6.45, 7) is 5.93. The zero-order chi connectivity index (χ0) is 18.6. The molecule has 25 heavy (non-hydrogen) atoms. The number of hydrogen-bond donors (Lipinski definition) is 1. The first-order valence-corrected chi connectivity index (χ1v) is 8.88. The number of carbonyl (C=O) groups excluding carboxylic acids is 1. The summed E-state index contributed by atoms with van der Waals surface area (Å²) < 4.78 is 7.51. The van der Waals surface area contributed by atoms with E-state index in [0.717, 1.165) is 5.56 Å². The molecule has 0 saturated carbocycles. The van der Waals surface area contributed by atoms with Gasteiger partial charge in [-0.3, -0.25) is 0 Å². The van der Waals surface area contributed by atoms with E-state index in [1.54, 1.807) is 19.1 Å². The maximum atomic E-state index is 12.4. The van der Waals surface area contributed by atoms with Gasteiger partial charge in [0.25, 0.3) is 0 Å². The van der Waals surface area contributed by atoms with Gasteiger partial charge in [-0.1, -0.05) is 29.0 Å². The van der Waals surface area contributed by atoms with E-state index in [-0.39, 0.29) is 18.3 Å². The van der Waals surface area contributed by atoms with Gasteiger partial charge in [0, 0.05) is 11.1 Å². The quantitative estimate of drug-likeness (QED) is 0.318. The smallest absolute Gasteiger partial charge is 0.358 e. The first-order chi connectivity index (χ1) is 11.9. The minimum atomic E-state index is -0.622. The predicted octanol–water partition coefficient (Wildman–Crippen LogP) is 4.47. The molecule has 2 N–H and O–H groups in total. The van der Waals surface area contributed by atoms with Gasteiger partial charge in [0.2, 0.25) is 0 Å². The topological polar surface area (TPSA) is 94.9 Å². The van der Waals surface area contributed by atoms with Gasteiger partial charge >= 0.3 is 5.97 Å². The molecule has 0 aliphatic rings. The molecule has 1 atom stereocenters. The number of ether oxygens (including phenoxy) is 1. The highest BCUT2D eigenvalue weighted by atomic mass is 79.9. The lowest BCUT2D eigenvalue weighted by Gasteiger charge is -2.19. The lowest BCUT2D eigenvalue weighted by atomic mass is 10.0. The Morgan fingerprint density at radius 1 is 1.40 bits per heavy atom. The summed E-state index contributed by atoms with van der Waals surface area (Å²) in [5.41, 5.74) is 1.50. The molecule has 0 spiro atoms. The van der Waals surface area contributed by atoms with Crippen LogP contribution < -0.4 is 5.84 Å². The van der Waals surface area contributed by atoms with Gasteiger partial charge in [0.15, 0.2) is 10.4 Å². The molecule has 7 nitrogen and oxygen atoms in total. The third-order valence-electron chi connectivity index (χ3n) is 3.52. The van der Waals surface area contributed by atoms with Crippen molar-refractivity contribution in [1.82, 2.24) is 9.55 Å². The molecule has 0 fully saturated rings. The van der Waals surface area contributed by atoms with Crippen molar-refractivity contribution in [3.05, 3.63) is 51.0 Å². The third kappa shape index (κ3) is 4.19. The monoisotopic (exact) mass is 427 g/mol. The molecule has 2 aromatic rings. The zero-order valence-corrected chi connectivity index (χ0v) is 16.5. The summed E-state index contributed by atoms with van der Waals surface area (Å²) in [6, 6.07) is 6.49. The zero-order valence-electron chi connectivity index (χ0n) is 14.1. The van der Waals surface area contributed by atoms with Crippen LogP contribution in [0.25, 0.3) is 0 Å². The van der Waals surface area contributed by atoms with Crippen LogP contribution in [0.3, 0.4) is 0 Å². The summed E-state index contributed by atoms with van der Waals surface area (Å²) in [6.07, 6.45) is 0. The molecule has 0 aliphatic carbocycles. The van der Waals surface area contributed by atoms with Crippen molar-refractivity contribution in [3.8, 4) is 0 Å². The highest BCUT2D eigenvalue weighted by molar-refractivity contribution is 9.10. The fourth-order valence-electron chi connectivity index (χ4n) is 2.51. The fourth-order valence-corrected chi connectivity index (χ4v) is 3.41. The van der Waals surface area contributed by atoms with Crippen LogP contribution in [0.2, 0.25) is 5.02 Å². The molecule has 0 saturated heterocycles. The first kappa shape index (κ1) is 19.4. The van der Waals surface area contributed by atoms with Crippen LogP contribution in [0.5, 0.6) is 0 Å². The summed E-state index contributed by atoms with van der Waals surface area (Å²) in [5, 5.41) is 8.17. The molecular formula is C16H19BrClN5O2. The van der Waals surface area contributed by atoms with Crippen LogP contribution in [0.4, 0.5) is 0 Å².